The van der Waals surface area contributed by atoms with Gasteiger partial charge in [0.1, 0.15) is 0 Å². The van der Waals surface area contributed by atoms with Crippen molar-refractivity contribution < 1.29 is 29.7 Å². The Morgan fingerprint density at radius 1 is 0.714 bits per heavy atom. The lowest BCUT2D eigenvalue weighted by Gasteiger charge is -2.07. The highest BCUT2D eigenvalue weighted by molar-refractivity contribution is 5.84. The first kappa shape index (κ1) is 12.4. The van der Waals surface area contributed by atoms with Crippen LogP contribution in [0.3, 0.4) is 0 Å². The van der Waals surface area contributed by atoms with Crippen molar-refractivity contribution in [3.63, 3.8) is 0 Å². The number of rotatable bonds is 7. The van der Waals surface area contributed by atoms with Gasteiger partial charge in [-0.15, -0.1) is 0 Å². The number of carboxylic acid groups (broad SMARTS) is 3. The zero-order chi connectivity index (χ0) is 11.1. The predicted octanol–water partition coefficient (Wildman–Crippen LogP) is 0.375. The summed E-state index contributed by atoms with van der Waals surface area (Å²) in [5.74, 6) is -3.49. The van der Waals surface area contributed by atoms with Crippen LogP contribution in [0.4, 0.5) is 0 Å². The summed E-state index contributed by atoms with van der Waals surface area (Å²) < 4.78 is 0. The lowest BCUT2D eigenvalue weighted by atomic mass is 9.98. The van der Waals surface area contributed by atoms with Gasteiger partial charge in [0.05, 0.1) is 5.92 Å². The Bertz CT molecular complexity index is 216. The molecule has 0 aromatic heterocycles. The molecule has 6 nitrogen and oxygen atoms in total. The zero-order valence-corrected chi connectivity index (χ0v) is 7.39. The molecule has 0 aromatic carbocycles. The van der Waals surface area contributed by atoms with Crippen LogP contribution in [0.2, 0.25) is 0 Å². The molecule has 1 radical (unpaired) electrons. The van der Waals surface area contributed by atoms with E-state index in [2.05, 4.69) is 0 Å². The lowest BCUT2D eigenvalue weighted by Crippen LogP contribution is -2.14. The molecular weight excluding hydrogens is 192 g/mol. The van der Waals surface area contributed by atoms with E-state index in [9.17, 15) is 14.4 Å². The molecule has 0 aromatic rings. The second-order valence-electron chi connectivity index (χ2n) is 2.70. The SMILES string of the molecule is O=C(O)CC[C](CCC(=O)O)C(=O)O. The molecule has 0 spiro atoms. The Labute approximate surface area is 80.2 Å². The van der Waals surface area contributed by atoms with Gasteiger partial charge in [-0.1, -0.05) is 0 Å². The van der Waals surface area contributed by atoms with E-state index < -0.39 is 17.9 Å². The number of hydrogen-bond donors (Lipinski definition) is 3. The van der Waals surface area contributed by atoms with Crippen molar-refractivity contribution in [3.05, 3.63) is 5.92 Å². The number of aliphatic carboxylic acids is 3. The van der Waals surface area contributed by atoms with Crippen LogP contribution in [0, 0.1) is 5.92 Å². The standard InChI is InChI=1S/C8H11O6/c9-6(10)3-1-5(8(13)14)2-4-7(11)12/h1-4H2,(H,9,10)(H,11,12)(H,13,14). The smallest absolute Gasteiger partial charge is 0.310 e. The van der Waals surface area contributed by atoms with Crippen LogP contribution in [0.1, 0.15) is 25.7 Å². The molecule has 0 atom stereocenters. The second-order valence-corrected chi connectivity index (χ2v) is 2.70. The van der Waals surface area contributed by atoms with E-state index in [1.807, 2.05) is 0 Å². The lowest BCUT2D eigenvalue weighted by molar-refractivity contribution is -0.137. The van der Waals surface area contributed by atoms with Crippen LogP contribution >= 0.6 is 0 Å². The van der Waals surface area contributed by atoms with Gasteiger partial charge in [-0.2, -0.15) is 0 Å². The van der Waals surface area contributed by atoms with Crippen LogP contribution in [0.15, 0.2) is 0 Å². The van der Waals surface area contributed by atoms with E-state index in [1.165, 1.54) is 0 Å². The molecule has 0 bridgehead atoms. The van der Waals surface area contributed by atoms with Crippen LogP contribution in [0.5, 0.6) is 0 Å². The van der Waals surface area contributed by atoms with E-state index in [0.717, 1.165) is 0 Å². The molecule has 3 N–H and O–H groups in total. The maximum Gasteiger partial charge on any atom is 0.310 e. The predicted molar refractivity (Wildman–Crippen MR) is 44.6 cm³/mol. The maximum absolute atomic E-state index is 10.5. The highest BCUT2D eigenvalue weighted by atomic mass is 16.4. The highest BCUT2D eigenvalue weighted by Gasteiger charge is 2.20. The van der Waals surface area contributed by atoms with Gasteiger partial charge in [0.25, 0.3) is 0 Å². The molecule has 6 heteroatoms. The normalized spacial score (nSPS) is 10.1. The van der Waals surface area contributed by atoms with Crippen LogP contribution in [-0.4, -0.2) is 33.2 Å². The van der Waals surface area contributed by atoms with Gasteiger partial charge in [-0.3, -0.25) is 14.4 Å². The molecular formula is C8H11O6. The number of hydrogen-bond acceptors (Lipinski definition) is 3. The quantitative estimate of drug-likeness (QED) is 0.551. The maximum atomic E-state index is 10.5. The van der Waals surface area contributed by atoms with Gasteiger partial charge in [-0.25, -0.2) is 0 Å². The van der Waals surface area contributed by atoms with Crippen molar-refractivity contribution in [2.75, 3.05) is 0 Å². The Kier molecular flexibility index (Phi) is 5.28. The fourth-order valence-electron chi connectivity index (χ4n) is 0.855. The van der Waals surface area contributed by atoms with Crippen molar-refractivity contribution in [2.24, 2.45) is 0 Å². The number of carboxylic acids is 3. The van der Waals surface area contributed by atoms with E-state index in [-0.39, 0.29) is 31.6 Å². The van der Waals surface area contributed by atoms with Crippen molar-refractivity contribution in [2.45, 2.75) is 25.7 Å². The molecule has 14 heavy (non-hydrogen) atoms. The molecule has 0 heterocycles. The molecule has 0 aliphatic rings. The van der Waals surface area contributed by atoms with Crippen LogP contribution in [-0.2, 0) is 14.4 Å². The largest absolute Gasteiger partial charge is 0.481 e. The van der Waals surface area contributed by atoms with Crippen molar-refractivity contribution in [1.82, 2.24) is 0 Å². The Morgan fingerprint density at radius 3 is 1.29 bits per heavy atom. The van der Waals surface area contributed by atoms with Crippen molar-refractivity contribution in [3.8, 4) is 0 Å². The van der Waals surface area contributed by atoms with E-state index in [4.69, 9.17) is 15.3 Å². The minimum atomic E-state index is -1.23. The average Bonchev–Trinajstić information content (AvgIpc) is 2.02. The van der Waals surface area contributed by atoms with Crippen LogP contribution < -0.4 is 0 Å². The summed E-state index contributed by atoms with van der Waals surface area (Å²) in [6.07, 6.45) is -0.807. The number of carbonyl (C=O) groups is 3. The zero-order valence-electron chi connectivity index (χ0n) is 7.39. The molecule has 0 aliphatic heterocycles. The summed E-state index contributed by atoms with van der Waals surface area (Å²) in [5.41, 5.74) is 0. The fourth-order valence-corrected chi connectivity index (χ4v) is 0.855. The van der Waals surface area contributed by atoms with E-state index in [1.54, 1.807) is 0 Å². The van der Waals surface area contributed by atoms with Gasteiger partial charge in [0, 0.05) is 12.8 Å². The van der Waals surface area contributed by atoms with E-state index in [0.29, 0.717) is 0 Å². The van der Waals surface area contributed by atoms with Crippen molar-refractivity contribution in [1.29, 1.82) is 0 Å². The minimum absolute atomic E-state index is 0.0604. The van der Waals surface area contributed by atoms with Gasteiger partial charge in [0.2, 0.25) is 0 Å². The topological polar surface area (TPSA) is 112 Å². The molecule has 79 valence electrons. The Balaban J connectivity index is 3.96. The molecule has 0 unspecified atom stereocenters. The third kappa shape index (κ3) is 5.99. The Hall–Kier alpha value is -1.59. The summed E-state index contributed by atoms with van der Waals surface area (Å²) in [6, 6.07) is 0. The Morgan fingerprint density at radius 2 is 1.07 bits per heavy atom. The first-order valence-corrected chi connectivity index (χ1v) is 3.95. The van der Waals surface area contributed by atoms with Gasteiger partial charge >= 0.3 is 17.9 Å². The molecule has 0 saturated carbocycles. The highest BCUT2D eigenvalue weighted by Crippen LogP contribution is 2.16. The third-order valence-corrected chi connectivity index (χ3v) is 1.58. The summed E-state index contributed by atoms with van der Waals surface area (Å²) in [5, 5.41) is 25.2. The van der Waals surface area contributed by atoms with E-state index >= 15 is 0 Å². The molecule has 0 saturated heterocycles. The third-order valence-electron chi connectivity index (χ3n) is 1.58. The molecule has 0 amide bonds. The van der Waals surface area contributed by atoms with Gasteiger partial charge in [-0.05, 0) is 12.8 Å². The summed E-state index contributed by atoms with van der Waals surface area (Å²) in [4.78, 5) is 30.8. The monoisotopic (exact) mass is 203 g/mol. The first-order chi connectivity index (χ1) is 6.43. The van der Waals surface area contributed by atoms with Gasteiger partial charge in [0.15, 0.2) is 0 Å². The molecule has 0 aliphatic carbocycles. The summed E-state index contributed by atoms with van der Waals surface area (Å²) >= 11 is 0. The van der Waals surface area contributed by atoms with Crippen LogP contribution in [0.25, 0.3) is 0 Å². The first-order valence-electron chi connectivity index (χ1n) is 3.95. The minimum Gasteiger partial charge on any atom is -0.481 e. The molecule has 0 rings (SSSR count). The summed E-state index contributed by atoms with van der Waals surface area (Å²) in [6.45, 7) is 0. The molecule has 0 fully saturated rings. The fraction of sp³-hybridized carbons (Fsp3) is 0.500. The van der Waals surface area contributed by atoms with Gasteiger partial charge < -0.3 is 15.3 Å². The second kappa shape index (κ2) is 5.95. The summed E-state index contributed by atoms with van der Waals surface area (Å²) in [7, 11) is 0. The average molecular weight is 203 g/mol. The van der Waals surface area contributed by atoms with Crippen molar-refractivity contribution >= 4 is 17.9 Å².